The van der Waals surface area contributed by atoms with Crippen molar-refractivity contribution in [1.82, 2.24) is 5.32 Å². The van der Waals surface area contributed by atoms with E-state index in [9.17, 15) is 13.2 Å². The number of carbonyl (C=O) groups excluding carboxylic acids is 1. The first-order valence-corrected chi connectivity index (χ1v) is 9.37. The largest absolute Gasteiger partial charge is 0.352 e. The predicted molar refractivity (Wildman–Crippen MR) is 96.1 cm³/mol. The highest BCUT2D eigenvalue weighted by Gasteiger charge is 2.16. The van der Waals surface area contributed by atoms with E-state index in [4.69, 9.17) is 11.6 Å². The lowest BCUT2D eigenvalue weighted by atomic mass is 10.2. The van der Waals surface area contributed by atoms with Crippen LogP contribution in [-0.2, 0) is 10.0 Å². The van der Waals surface area contributed by atoms with Gasteiger partial charge < -0.3 is 5.32 Å². The van der Waals surface area contributed by atoms with Gasteiger partial charge in [0, 0.05) is 12.1 Å². The Bertz CT molecular complexity index is 833. The third-order valence-corrected chi connectivity index (χ3v) is 5.04. The van der Waals surface area contributed by atoms with Crippen LogP contribution in [0.15, 0.2) is 47.4 Å². The summed E-state index contributed by atoms with van der Waals surface area (Å²) in [5, 5.41) is 2.90. The fraction of sp³-hybridized carbons (Fsp3) is 0.235. The van der Waals surface area contributed by atoms with Crippen LogP contribution in [0.1, 0.15) is 29.3 Å². The van der Waals surface area contributed by atoms with Crippen LogP contribution in [0.3, 0.4) is 0 Å². The van der Waals surface area contributed by atoms with E-state index in [2.05, 4.69) is 10.0 Å². The fourth-order valence-corrected chi connectivity index (χ4v) is 3.36. The fourth-order valence-electron chi connectivity index (χ4n) is 2.00. The van der Waals surface area contributed by atoms with Crippen LogP contribution in [0, 0.1) is 6.92 Å². The van der Waals surface area contributed by atoms with Crippen molar-refractivity contribution < 1.29 is 13.2 Å². The van der Waals surface area contributed by atoms with Crippen molar-refractivity contribution in [3.05, 3.63) is 58.6 Å². The number of rotatable bonds is 6. The number of sulfonamides is 1. The number of anilines is 1. The second-order valence-corrected chi connectivity index (χ2v) is 7.46. The molecule has 0 atom stereocenters. The van der Waals surface area contributed by atoms with Gasteiger partial charge in [0.2, 0.25) is 0 Å². The van der Waals surface area contributed by atoms with Gasteiger partial charge in [-0.2, -0.15) is 0 Å². The molecule has 0 heterocycles. The highest BCUT2D eigenvalue weighted by atomic mass is 35.5. The number of aryl methyl sites for hydroxylation is 1. The lowest BCUT2D eigenvalue weighted by Crippen LogP contribution is -2.24. The lowest BCUT2D eigenvalue weighted by Gasteiger charge is -2.11. The summed E-state index contributed by atoms with van der Waals surface area (Å²) in [4.78, 5) is 12.0. The number of halogens is 1. The molecule has 24 heavy (non-hydrogen) atoms. The number of amides is 1. The Labute approximate surface area is 147 Å². The molecule has 0 bridgehead atoms. The molecule has 0 saturated carbocycles. The summed E-state index contributed by atoms with van der Waals surface area (Å²) in [6.45, 7) is 4.40. The van der Waals surface area contributed by atoms with E-state index in [1.807, 2.05) is 13.8 Å². The first kappa shape index (κ1) is 18.3. The molecule has 128 valence electrons. The standard InChI is InChI=1S/C17H19ClN2O3S/c1-3-10-19-17(21)13-6-9-16(15(18)11-13)20-24(22,23)14-7-4-12(2)5-8-14/h4-9,11,20H,3,10H2,1-2H3,(H,19,21). The van der Waals surface area contributed by atoms with E-state index in [-0.39, 0.29) is 21.5 Å². The molecular formula is C17H19ClN2O3S. The number of carbonyl (C=O) groups is 1. The Hall–Kier alpha value is -2.05. The minimum Gasteiger partial charge on any atom is -0.352 e. The second-order valence-electron chi connectivity index (χ2n) is 5.37. The maximum atomic E-state index is 12.4. The summed E-state index contributed by atoms with van der Waals surface area (Å²) < 4.78 is 27.2. The molecule has 2 rings (SSSR count). The lowest BCUT2D eigenvalue weighted by molar-refractivity contribution is 0.0953. The first-order chi connectivity index (χ1) is 11.3. The van der Waals surface area contributed by atoms with Crippen LogP contribution in [0.2, 0.25) is 5.02 Å². The summed E-state index contributed by atoms with van der Waals surface area (Å²) in [5.74, 6) is -0.244. The van der Waals surface area contributed by atoms with Gasteiger partial charge in [0.25, 0.3) is 15.9 Å². The van der Waals surface area contributed by atoms with E-state index in [1.165, 1.54) is 30.3 Å². The molecule has 2 N–H and O–H groups in total. The zero-order valence-electron chi connectivity index (χ0n) is 13.5. The first-order valence-electron chi connectivity index (χ1n) is 7.50. The number of hydrogen-bond donors (Lipinski definition) is 2. The molecule has 0 aliphatic rings. The molecule has 7 heteroatoms. The molecule has 0 saturated heterocycles. The van der Waals surface area contributed by atoms with E-state index in [0.29, 0.717) is 12.1 Å². The van der Waals surface area contributed by atoms with Gasteiger partial charge in [0.15, 0.2) is 0 Å². The van der Waals surface area contributed by atoms with Gasteiger partial charge in [-0.3, -0.25) is 9.52 Å². The van der Waals surface area contributed by atoms with Crippen molar-refractivity contribution >= 4 is 33.2 Å². The van der Waals surface area contributed by atoms with Crippen LogP contribution in [0.4, 0.5) is 5.69 Å². The zero-order valence-corrected chi connectivity index (χ0v) is 15.0. The summed E-state index contributed by atoms with van der Waals surface area (Å²) >= 11 is 6.12. The molecule has 0 spiro atoms. The third-order valence-electron chi connectivity index (χ3n) is 3.34. The second kappa shape index (κ2) is 7.68. The monoisotopic (exact) mass is 366 g/mol. The van der Waals surface area contributed by atoms with Crippen molar-refractivity contribution in [2.75, 3.05) is 11.3 Å². The topological polar surface area (TPSA) is 75.3 Å². The molecule has 2 aromatic carbocycles. The molecule has 5 nitrogen and oxygen atoms in total. The average Bonchev–Trinajstić information content (AvgIpc) is 2.54. The molecule has 2 aromatic rings. The van der Waals surface area contributed by atoms with Crippen molar-refractivity contribution in [3.8, 4) is 0 Å². The van der Waals surface area contributed by atoms with Crippen LogP contribution < -0.4 is 10.0 Å². The van der Waals surface area contributed by atoms with Gasteiger partial charge in [-0.25, -0.2) is 8.42 Å². The van der Waals surface area contributed by atoms with E-state index < -0.39 is 10.0 Å². The van der Waals surface area contributed by atoms with Gasteiger partial charge >= 0.3 is 0 Å². The molecule has 1 amide bonds. The van der Waals surface area contributed by atoms with E-state index >= 15 is 0 Å². The Morgan fingerprint density at radius 1 is 1.12 bits per heavy atom. The summed E-state index contributed by atoms with van der Waals surface area (Å²) in [5.41, 5.74) is 1.57. The Kier molecular flexibility index (Phi) is 5.85. The highest BCUT2D eigenvalue weighted by Crippen LogP contribution is 2.26. The summed E-state index contributed by atoms with van der Waals surface area (Å²) in [6, 6.07) is 10.9. The minimum absolute atomic E-state index is 0.147. The quantitative estimate of drug-likeness (QED) is 0.820. The molecule has 0 aliphatic carbocycles. The van der Waals surface area contributed by atoms with Crippen molar-refractivity contribution in [2.24, 2.45) is 0 Å². The predicted octanol–water partition coefficient (Wildman–Crippen LogP) is 3.59. The molecule has 0 aromatic heterocycles. The van der Waals surface area contributed by atoms with Gasteiger partial charge in [0.1, 0.15) is 0 Å². The van der Waals surface area contributed by atoms with Gasteiger partial charge in [-0.05, 0) is 43.7 Å². The van der Waals surface area contributed by atoms with Gasteiger partial charge in [-0.15, -0.1) is 0 Å². The molecule has 0 fully saturated rings. The maximum absolute atomic E-state index is 12.4. The van der Waals surface area contributed by atoms with E-state index in [0.717, 1.165) is 12.0 Å². The van der Waals surface area contributed by atoms with Crippen molar-refractivity contribution in [2.45, 2.75) is 25.2 Å². The number of nitrogens with one attached hydrogen (secondary N) is 2. The van der Waals surface area contributed by atoms with Gasteiger partial charge in [0.05, 0.1) is 15.6 Å². The summed E-state index contributed by atoms with van der Waals surface area (Å²) in [6.07, 6.45) is 0.827. The van der Waals surface area contributed by atoms with Crippen LogP contribution in [-0.4, -0.2) is 20.9 Å². The van der Waals surface area contributed by atoms with Crippen LogP contribution in [0.5, 0.6) is 0 Å². The SMILES string of the molecule is CCCNC(=O)c1ccc(NS(=O)(=O)c2ccc(C)cc2)c(Cl)c1. The van der Waals surface area contributed by atoms with Gasteiger partial charge in [-0.1, -0.05) is 36.2 Å². The zero-order chi connectivity index (χ0) is 17.7. The highest BCUT2D eigenvalue weighted by molar-refractivity contribution is 7.92. The molecule has 0 radical (unpaired) electrons. The van der Waals surface area contributed by atoms with E-state index in [1.54, 1.807) is 12.1 Å². The van der Waals surface area contributed by atoms with Crippen LogP contribution in [0.25, 0.3) is 0 Å². The third kappa shape index (κ3) is 4.49. The normalized spacial score (nSPS) is 11.1. The van der Waals surface area contributed by atoms with Crippen molar-refractivity contribution in [1.29, 1.82) is 0 Å². The number of benzene rings is 2. The maximum Gasteiger partial charge on any atom is 0.261 e. The smallest absolute Gasteiger partial charge is 0.261 e. The van der Waals surface area contributed by atoms with Crippen molar-refractivity contribution in [3.63, 3.8) is 0 Å². The molecule has 0 aliphatic heterocycles. The Morgan fingerprint density at radius 2 is 1.79 bits per heavy atom. The molecule has 0 unspecified atom stereocenters. The summed E-state index contributed by atoms with van der Waals surface area (Å²) in [7, 11) is -3.73. The molecular weight excluding hydrogens is 348 g/mol. The minimum atomic E-state index is -3.73. The average molecular weight is 367 g/mol. The Morgan fingerprint density at radius 3 is 2.38 bits per heavy atom. The number of hydrogen-bond acceptors (Lipinski definition) is 3. The van der Waals surface area contributed by atoms with Crippen LogP contribution >= 0.6 is 11.6 Å². The Balaban J connectivity index is 2.21.